The molecular formula is C19H20O6. The molecule has 0 fully saturated rings. The van der Waals surface area contributed by atoms with Crippen molar-refractivity contribution in [2.45, 2.75) is 13.5 Å². The molecule has 0 aliphatic carbocycles. The van der Waals surface area contributed by atoms with Gasteiger partial charge in [-0.2, -0.15) is 0 Å². The third-order valence-corrected chi connectivity index (χ3v) is 3.09. The lowest BCUT2D eigenvalue weighted by Gasteiger charge is -2.09. The molecule has 0 atom stereocenters. The van der Waals surface area contributed by atoms with Gasteiger partial charge >= 0.3 is 11.9 Å². The molecule has 6 heteroatoms. The molecule has 132 valence electrons. The van der Waals surface area contributed by atoms with Crippen molar-refractivity contribution in [2.24, 2.45) is 0 Å². The van der Waals surface area contributed by atoms with Gasteiger partial charge < -0.3 is 18.9 Å². The van der Waals surface area contributed by atoms with E-state index < -0.39 is 11.9 Å². The number of ether oxygens (including phenoxy) is 4. The minimum atomic E-state index is -0.452. The van der Waals surface area contributed by atoms with Crippen molar-refractivity contribution < 1.29 is 28.5 Å². The van der Waals surface area contributed by atoms with Crippen LogP contribution in [0.25, 0.3) is 0 Å². The smallest absolute Gasteiger partial charge is 0.344 e. The highest BCUT2D eigenvalue weighted by Crippen LogP contribution is 2.17. The number of benzene rings is 2. The molecule has 6 nitrogen and oxygen atoms in total. The number of carbonyl (C=O) groups excluding carboxylic acids is 2. The highest BCUT2D eigenvalue weighted by Gasteiger charge is 2.06. The quantitative estimate of drug-likeness (QED) is 0.652. The Balaban J connectivity index is 1.70. The zero-order valence-electron chi connectivity index (χ0n) is 14.0. The van der Waals surface area contributed by atoms with Crippen LogP contribution in [-0.4, -0.2) is 31.8 Å². The number of hydrogen-bond donors (Lipinski definition) is 0. The van der Waals surface area contributed by atoms with Gasteiger partial charge in [-0.1, -0.05) is 30.3 Å². The van der Waals surface area contributed by atoms with Gasteiger partial charge in [0.1, 0.15) is 18.1 Å². The van der Waals surface area contributed by atoms with Gasteiger partial charge in [-0.3, -0.25) is 0 Å². The largest absolute Gasteiger partial charge is 0.482 e. The second-order valence-electron chi connectivity index (χ2n) is 5.00. The standard InChI is InChI=1S/C19H20O6/c1-2-22-18(20)13-23-16-8-10-17(11-9-16)24-14-19(21)25-12-15-6-4-3-5-7-15/h3-11H,2,12-14H2,1H3. The molecule has 0 heterocycles. The molecule has 0 spiro atoms. The molecule has 2 rings (SSSR count). The molecule has 25 heavy (non-hydrogen) atoms. The highest BCUT2D eigenvalue weighted by molar-refractivity contribution is 5.71. The average molecular weight is 344 g/mol. The van der Waals surface area contributed by atoms with Crippen LogP contribution < -0.4 is 9.47 Å². The summed E-state index contributed by atoms with van der Waals surface area (Å²) in [4.78, 5) is 22.9. The lowest BCUT2D eigenvalue weighted by molar-refractivity contribution is -0.147. The molecule has 0 aromatic heterocycles. The summed E-state index contributed by atoms with van der Waals surface area (Å²) in [5, 5.41) is 0. The minimum absolute atomic E-state index is 0.153. The van der Waals surface area contributed by atoms with E-state index in [0.29, 0.717) is 18.1 Å². The maximum absolute atomic E-state index is 11.7. The first-order valence-corrected chi connectivity index (χ1v) is 7.88. The average Bonchev–Trinajstić information content (AvgIpc) is 2.65. The maximum Gasteiger partial charge on any atom is 0.344 e. The van der Waals surface area contributed by atoms with E-state index in [2.05, 4.69) is 0 Å². The van der Waals surface area contributed by atoms with Crippen molar-refractivity contribution in [3.05, 3.63) is 60.2 Å². The fraction of sp³-hybridized carbons (Fsp3) is 0.263. The zero-order chi connectivity index (χ0) is 17.9. The molecule has 0 radical (unpaired) electrons. The molecule has 2 aromatic rings. The monoisotopic (exact) mass is 344 g/mol. The maximum atomic E-state index is 11.7. The summed E-state index contributed by atoms with van der Waals surface area (Å²) in [5.41, 5.74) is 0.916. The predicted octanol–water partition coefficient (Wildman–Crippen LogP) is 2.75. The molecular weight excluding hydrogens is 324 g/mol. The Bertz CT molecular complexity index is 666. The Labute approximate surface area is 146 Å². The van der Waals surface area contributed by atoms with Gasteiger partial charge in [0.2, 0.25) is 0 Å². The molecule has 0 N–H and O–H groups in total. The summed E-state index contributed by atoms with van der Waals surface area (Å²) in [6.07, 6.45) is 0. The van der Waals surface area contributed by atoms with E-state index in [-0.39, 0.29) is 19.8 Å². The van der Waals surface area contributed by atoms with Gasteiger partial charge in [0.25, 0.3) is 0 Å². The third kappa shape index (κ3) is 6.95. The normalized spacial score (nSPS) is 9.96. The van der Waals surface area contributed by atoms with Crippen LogP contribution in [0, 0.1) is 0 Å². The lowest BCUT2D eigenvalue weighted by atomic mass is 10.2. The van der Waals surface area contributed by atoms with Crippen molar-refractivity contribution in [3.8, 4) is 11.5 Å². The molecule has 0 aliphatic rings. The molecule has 0 saturated carbocycles. The van der Waals surface area contributed by atoms with Gasteiger partial charge in [0.15, 0.2) is 13.2 Å². The second kappa shape index (κ2) is 9.97. The first kappa shape index (κ1) is 18.3. The van der Waals surface area contributed by atoms with E-state index in [1.54, 1.807) is 31.2 Å². The van der Waals surface area contributed by atoms with Crippen molar-refractivity contribution in [1.29, 1.82) is 0 Å². The van der Waals surface area contributed by atoms with Crippen LogP contribution in [0.1, 0.15) is 12.5 Å². The van der Waals surface area contributed by atoms with Crippen molar-refractivity contribution in [3.63, 3.8) is 0 Å². The zero-order valence-corrected chi connectivity index (χ0v) is 14.0. The van der Waals surface area contributed by atoms with Crippen molar-refractivity contribution in [1.82, 2.24) is 0 Å². The Kier molecular flexibility index (Phi) is 7.31. The number of esters is 2. The molecule has 2 aromatic carbocycles. The Morgan fingerprint density at radius 3 is 1.80 bits per heavy atom. The number of rotatable bonds is 9. The van der Waals surface area contributed by atoms with E-state index in [1.165, 1.54) is 0 Å². The summed E-state index contributed by atoms with van der Waals surface area (Å²) < 4.78 is 20.5. The molecule has 0 amide bonds. The molecule has 0 unspecified atom stereocenters. The van der Waals surface area contributed by atoms with E-state index >= 15 is 0 Å². The first-order chi connectivity index (χ1) is 12.2. The summed E-state index contributed by atoms with van der Waals surface area (Å²) in [6, 6.07) is 16.0. The summed E-state index contributed by atoms with van der Waals surface area (Å²) in [6.45, 7) is 1.92. The SMILES string of the molecule is CCOC(=O)COc1ccc(OCC(=O)OCc2ccccc2)cc1. The van der Waals surface area contributed by atoms with Crippen molar-refractivity contribution in [2.75, 3.05) is 19.8 Å². The number of carbonyl (C=O) groups is 2. The van der Waals surface area contributed by atoms with Gasteiger partial charge in [0.05, 0.1) is 6.61 Å². The van der Waals surface area contributed by atoms with Crippen molar-refractivity contribution >= 4 is 11.9 Å². The molecule has 0 bridgehead atoms. The minimum Gasteiger partial charge on any atom is -0.482 e. The first-order valence-electron chi connectivity index (χ1n) is 7.88. The Hall–Kier alpha value is -3.02. The molecule has 0 aliphatic heterocycles. The van der Waals surface area contributed by atoms with Crippen LogP contribution in [-0.2, 0) is 25.7 Å². The summed E-state index contributed by atoms with van der Waals surface area (Å²) in [5.74, 6) is 0.127. The predicted molar refractivity (Wildman–Crippen MR) is 90.3 cm³/mol. The van der Waals surface area contributed by atoms with E-state index in [1.807, 2.05) is 30.3 Å². The number of hydrogen-bond acceptors (Lipinski definition) is 6. The van der Waals surface area contributed by atoms with Crippen LogP contribution in [0.4, 0.5) is 0 Å². The van der Waals surface area contributed by atoms with Gasteiger partial charge in [0, 0.05) is 0 Å². The van der Waals surface area contributed by atoms with Crippen LogP contribution in [0.2, 0.25) is 0 Å². The molecule has 0 saturated heterocycles. The summed E-state index contributed by atoms with van der Waals surface area (Å²) in [7, 11) is 0. The van der Waals surface area contributed by atoms with E-state index in [4.69, 9.17) is 18.9 Å². The topological polar surface area (TPSA) is 71.1 Å². The van der Waals surface area contributed by atoms with E-state index in [9.17, 15) is 9.59 Å². The Morgan fingerprint density at radius 2 is 1.28 bits per heavy atom. The van der Waals surface area contributed by atoms with E-state index in [0.717, 1.165) is 5.56 Å². The third-order valence-electron chi connectivity index (χ3n) is 3.09. The highest BCUT2D eigenvalue weighted by atomic mass is 16.6. The van der Waals surface area contributed by atoms with Crippen LogP contribution in [0.15, 0.2) is 54.6 Å². The van der Waals surface area contributed by atoms with Gasteiger partial charge in [-0.25, -0.2) is 9.59 Å². The fourth-order valence-corrected chi connectivity index (χ4v) is 1.90. The lowest BCUT2D eigenvalue weighted by Crippen LogP contribution is -2.15. The summed E-state index contributed by atoms with van der Waals surface area (Å²) >= 11 is 0. The van der Waals surface area contributed by atoms with Crippen LogP contribution in [0.3, 0.4) is 0 Å². The van der Waals surface area contributed by atoms with Gasteiger partial charge in [-0.15, -0.1) is 0 Å². The second-order valence-corrected chi connectivity index (χ2v) is 5.00. The van der Waals surface area contributed by atoms with Crippen LogP contribution >= 0.6 is 0 Å². The van der Waals surface area contributed by atoms with Crippen LogP contribution in [0.5, 0.6) is 11.5 Å². The van der Waals surface area contributed by atoms with Gasteiger partial charge in [-0.05, 0) is 36.8 Å². The fourth-order valence-electron chi connectivity index (χ4n) is 1.90. The Morgan fingerprint density at radius 1 is 0.760 bits per heavy atom.